The molecule has 0 unspecified atom stereocenters. The largest absolute Gasteiger partial charge is 0.353 e. The van der Waals surface area contributed by atoms with Gasteiger partial charge in [-0.2, -0.15) is 0 Å². The second-order valence-electron chi connectivity index (χ2n) is 11.7. The van der Waals surface area contributed by atoms with Gasteiger partial charge < -0.3 is 10.2 Å². The highest BCUT2D eigenvalue weighted by Crippen LogP contribution is 2.65. The van der Waals surface area contributed by atoms with E-state index in [0.29, 0.717) is 30.2 Å². The summed E-state index contributed by atoms with van der Waals surface area (Å²) in [5, 5.41) is 3.33. The Morgan fingerprint density at radius 3 is 2.24 bits per heavy atom. The Morgan fingerprint density at radius 2 is 1.59 bits per heavy atom. The van der Waals surface area contributed by atoms with Gasteiger partial charge in [0.05, 0.1) is 0 Å². The zero-order chi connectivity index (χ0) is 21.1. The monoisotopic (exact) mass is 402 g/mol. The van der Waals surface area contributed by atoms with Gasteiger partial charge in [0.2, 0.25) is 11.8 Å². The van der Waals surface area contributed by atoms with Crippen molar-refractivity contribution in [2.45, 2.75) is 111 Å². The summed E-state index contributed by atoms with van der Waals surface area (Å²) in [4.78, 5) is 27.8. The van der Waals surface area contributed by atoms with Gasteiger partial charge in [-0.15, -0.1) is 0 Å². The Balaban J connectivity index is 1.57. The molecule has 1 aliphatic heterocycles. The molecule has 4 aliphatic rings. The van der Waals surface area contributed by atoms with Crippen molar-refractivity contribution in [3.8, 4) is 0 Å². The lowest BCUT2D eigenvalue weighted by atomic mass is 9.47. The minimum absolute atomic E-state index is 0.154. The smallest absolute Gasteiger partial charge is 0.226 e. The highest BCUT2D eigenvalue weighted by Gasteiger charge is 2.61. The van der Waals surface area contributed by atoms with E-state index in [0.717, 1.165) is 25.2 Å². The molecule has 0 aromatic rings. The van der Waals surface area contributed by atoms with E-state index in [4.69, 9.17) is 0 Å². The van der Waals surface area contributed by atoms with Gasteiger partial charge in [-0.25, -0.2) is 0 Å². The van der Waals surface area contributed by atoms with Crippen molar-refractivity contribution in [3.05, 3.63) is 0 Å². The molecule has 0 spiro atoms. The van der Waals surface area contributed by atoms with Gasteiger partial charge in [0.25, 0.3) is 0 Å². The molecule has 0 bridgehead atoms. The maximum Gasteiger partial charge on any atom is 0.226 e. The van der Waals surface area contributed by atoms with Crippen LogP contribution >= 0.6 is 0 Å². The summed E-state index contributed by atoms with van der Waals surface area (Å²) in [6, 6.07) is 0.897. The predicted octanol–water partition coefficient (Wildman–Crippen LogP) is 4.77. The minimum atomic E-state index is 0.154. The van der Waals surface area contributed by atoms with E-state index >= 15 is 0 Å². The van der Waals surface area contributed by atoms with E-state index in [-0.39, 0.29) is 34.7 Å². The first-order valence-corrected chi connectivity index (χ1v) is 12.2. The van der Waals surface area contributed by atoms with Crippen LogP contribution in [0.4, 0.5) is 0 Å². The SMILES string of the molecule is CC(C)N(C(=O)[C@H]1CC[C@H]2[C@@H]3CC[C@H]4NC(=O)CC[C@]4(C)[C@H]3CC[C@]12C)C(C)C. The Hall–Kier alpha value is -1.06. The summed E-state index contributed by atoms with van der Waals surface area (Å²) in [6.45, 7) is 13.5. The van der Waals surface area contributed by atoms with Crippen LogP contribution in [0.5, 0.6) is 0 Å². The third-order valence-electron chi connectivity index (χ3n) is 9.76. The molecule has 4 heteroatoms. The van der Waals surface area contributed by atoms with Gasteiger partial charge >= 0.3 is 0 Å². The van der Waals surface area contributed by atoms with E-state index in [1.54, 1.807) is 0 Å². The van der Waals surface area contributed by atoms with Gasteiger partial charge in [-0.05, 0) is 101 Å². The lowest BCUT2D eigenvalue weighted by Gasteiger charge is -2.60. The Labute approximate surface area is 177 Å². The van der Waals surface area contributed by atoms with Gasteiger partial charge in [0.1, 0.15) is 0 Å². The van der Waals surface area contributed by atoms with Crippen LogP contribution in [0.15, 0.2) is 0 Å². The second kappa shape index (κ2) is 7.27. The average Bonchev–Trinajstić information content (AvgIpc) is 2.99. The molecule has 29 heavy (non-hydrogen) atoms. The molecule has 164 valence electrons. The molecule has 4 rings (SSSR count). The molecule has 1 saturated heterocycles. The molecule has 0 radical (unpaired) electrons. The highest BCUT2D eigenvalue weighted by molar-refractivity contribution is 5.81. The third-order valence-corrected chi connectivity index (χ3v) is 9.76. The van der Waals surface area contributed by atoms with Gasteiger partial charge in [0.15, 0.2) is 0 Å². The number of nitrogens with one attached hydrogen (secondary N) is 1. The van der Waals surface area contributed by atoms with Crippen LogP contribution < -0.4 is 5.32 Å². The molecule has 0 aromatic heterocycles. The van der Waals surface area contributed by atoms with Crippen molar-refractivity contribution in [2.24, 2.45) is 34.5 Å². The van der Waals surface area contributed by atoms with Crippen LogP contribution in [-0.2, 0) is 9.59 Å². The molecular formula is C25H42N2O2. The van der Waals surface area contributed by atoms with Crippen molar-refractivity contribution in [1.29, 1.82) is 0 Å². The molecule has 4 fully saturated rings. The average molecular weight is 403 g/mol. The maximum absolute atomic E-state index is 13.7. The van der Waals surface area contributed by atoms with E-state index < -0.39 is 0 Å². The molecule has 3 aliphatic carbocycles. The first-order chi connectivity index (χ1) is 13.6. The Morgan fingerprint density at radius 1 is 0.931 bits per heavy atom. The second-order valence-corrected chi connectivity index (χ2v) is 11.7. The lowest BCUT2D eigenvalue weighted by Crippen LogP contribution is -2.61. The Bertz CT molecular complexity index is 666. The van der Waals surface area contributed by atoms with E-state index in [1.165, 1.54) is 25.7 Å². The number of piperidine rings is 1. The fourth-order valence-electron chi connectivity index (χ4n) is 8.39. The van der Waals surface area contributed by atoms with E-state index in [9.17, 15) is 9.59 Å². The van der Waals surface area contributed by atoms with Crippen LogP contribution in [0.25, 0.3) is 0 Å². The van der Waals surface area contributed by atoms with Crippen LogP contribution in [0.3, 0.4) is 0 Å². The number of hydrogen-bond acceptors (Lipinski definition) is 2. The zero-order valence-corrected chi connectivity index (χ0v) is 19.5. The number of hydrogen-bond donors (Lipinski definition) is 1. The van der Waals surface area contributed by atoms with Crippen molar-refractivity contribution < 1.29 is 9.59 Å². The topological polar surface area (TPSA) is 49.4 Å². The number of carbonyl (C=O) groups excluding carboxylic acids is 2. The number of rotatable bonds is 3. The normalized spacial score (nSPS) is 44.1. The number of carbonyl (C=O) groups is 2. The summed E-state index contributed by atoms with van der Waals surface area (Å²) in [7, 11) is 0. The lowest BCUT2D eigenvalue weighted by molar-refractivity contribution is -0.150. The van der Waals surface area contributed by atoms with Gasteiger partial charge in [-0.1, -0.05) is 13.8 Å². The van der Waals surface area contributed by atoms with Crippen LogP contribution in [0.1, 0.15) is 92.9 Å². The third kappa shape index (κ3) is 3.15. The molecular weight excluding hydrogens is 360 g/mol. The predicted molar refractivity (Wildman–Crippen MR) is 116 cm³/mol. The van der Waals surface area contributed by atoms with Gasteiger partial charge in [0, 0.05) is 30.5 Å². The van der Waals surface area contributed by atoms with Crippen LogP contribution in [-0.4, -0.2) is 34.8 Å². The van der Waals surface area contributed by atoms with Crippen molar-refractivity contribution in [3.63, 3.8) is 0 Å². The van der Waals surface area contributed by atoms with Crippen molar-refractivity contribution in [2.75, 3.05) is 0 Å². The fraction of sp³-hybridized carbons (Fsp3) is 0.920. The van der Waals surface area contributed by atoms with Crippen molar-refractivity contribution in [1.82, 2.24) is 10.2 Å². The molecule has 4 nitrogen and oxygen atoms in total. The summed E-state index contributed by atoms with van der Waals surface area (Å²) in [6.07, 6.45) is 8.77. The quantitative estimate of drug-likeness (QED) is 0.739. The molecule has 1 N–H and O–H groups in total. The molecule has 0 aromatic carbocycles. The van der Waals surface area contributed by atoms with Crippen LogP contribution in [0, 0.1) is 34.5 Å². The molecule has 2 amide bonds. The van der Waals surface area contributed by atoms with E-state index in [2.05, 4.69) is 51.8 Å². The van der Waals surface area contributed by atoms with Gasteiger partial charge in [-0.3, -0.25) is 9.59 Å². The summed E-state index contributed by atoms with van der Waals surface area (Å²) >= 11 is 0. The number of fused-ring (bicyclic) bond motifs is 5. The highest BCUT2D eigenvalue weighted by atomic mass is 16.2. The zero-order valence-electron chi connectivity index (χ0n) is 19.5. The first kappa shape index (κ1) is 21.2. The minimum Gasteiger partial charge on any atom is -0.353 e. The maximum atomic E-state index is 13.7. The number of amides is 2. The van der Waals surface area contributed by atoms with Crippen molar-refractivity contribution >= 4 is 11.8 Å². The molecule has 3 saturated carbocycles. The molecule has 7 atom stereocenters. The Kier molecular flexibility index (Phi) is 5.31. The van der Waals surface area contributed by atoms with Crippen LogP contribution in [0.2, 0.25) is 0 Å². The fourth-order valence-corrected chi connectivity index (χ4v) is 8.39. The standard InChI is InChI=1S/C25H42N2O2/c1-15(2)27(16(3)4)23(29)20-9-8-18-17-7-10-21-25(6,14-12-22(28)26-21)19(17)11-13-24(18,20)5/h15-21H,7-14H2,1-6H3,(H,26,28)/t17-,18-,19-,20+,21+,24-,25+/m0/s1. The number of nitrogens with zero attached hydrogens (tertiary/aromatic N) is 1. The first-order valence-electron chi connectivity index (χ1n) is 12.2. The summed E-state index contributed by atoms with van der Waals surface area (Å²) in [5.41, 5.74) is 0.406. The summed E-state index contributed by atoms with van der Waals surface area (Å²) in [5.74, 6) is 2.96. The summed E-state index contributed by atoms with van der Waals surface area (Å²) < 4.78 is 0. The van der Waals surface area contributed by atoms with E-state index in [1.807, 2.05) is 0 Å². The molecule has 1 heterocycles.